The second-order valence-electron chi connectivity index (χ2n) is 6.84. The Labute approximate surface area is 198 Å². The molecule has 2 aromatic carbocycles. The fourth-order valence-electron chi connectivity index (χ4n) is 3.31. The zero-order valence-corrected chi connectivity index (χ0v) is 20.7. The van der Waals surface area contributed by atoms with Crippen molar-refractivity contribution < 1.29 is 46.5 Å². The average Bonchev–Trinajstić information content (AvgIpc) is 2.92. The Balaban J connectivity index is 0. The first kappa shape index (κ1) is 29.1. The van der Waals surface area contributed by atoms with E-state index in [2.05, 4.69) is 64.5 Å². The maximum Gasteiger partial charge on any atom is 2.00 e. The number of hydrogen-bond acceptors (Lipinski definition) is 0. The van der Waals surface area contributed by atoms with Gasteiger partial charge in [0, 0.05) is 0 Å². The molecule has 1 aliphatic rings. The van der Waals surface area contributed by atoms with Crippen molar-refractivity contribution in [2.75, 3.05) is 0 Å². The summed E-state index contributed by atoms with van der Waals surface area (Å²) in [6.07, 6.45) is 5.59. The molecule has 1 aliphatic carbocycles. The molecule has 3 rings (SSSR count). The van der Waals surface area contributed by atoms with Gasteiger partial charge < -0.3 is 30.5 Å². The van der Waals surface area contributed by atoms with Gasteiger partial charge in [-0.1, -0.05) is 64.6 Å². The van der Waals surface area contributed by atoms with Crippen LogP contribution < -0.4 is 24.8 Å². The molecule has 0 aromatic heterocycles. The van der Waals surface area contributed by atoms with E-state index >= 15 is 0 Å². The SMILES string of the molecule is C[CH-]c1ccccc1C1=C(C)C(C)=CC1.Cc1cc(C)c([NH-])c(C)c1.[Cl-].[Cl-].[Ti+2]. The Morgan fingerprint density at radius 2 is 1.43 bits per heavy atom. The van der Waals surface area contributed by atoms with Crippen LogP contribution in [-0.4, -0.2) is 0 Å². The molecule has 1 nitrogen and oxygen atoms in total. The standard InChI is InChI=1S/C15H17.C9H12N.2ClH.Ti/c1-4-13-7-5-6-8-15(13)14-10-9-11(2)12(14)3;1-6-4-7(2)9(10)8(3)5-6;;;/h4-9H,10H2,1-3H3;4-5,10H,1-3H3;2*1H;/q2*-1;;;+2/p-2. The van der Waals surface area contributed by atoms with Crippen molar-refractivity contribution in [2.24, 2.45) is 0 Å². The summed E-state index contributed by atoms with van der Waals surface area (Å²) >= 11 is 0. The first-order valence-electron chi connectivity index (χ1n) is 8.90. The topological polar surface area (TPSA) is 23.8 Å². The van der Waals surface area contributed by atoms with Crippen LogP contribution in [0, 0.1) is 27.2 Å². The van der Waals surface area contributed by atoms with E-state index in [1.165, 1.54) is 33.4 Å². The molecule has 150 valence electrons. The van der Waals surface area contributed by atoms with Crippen molar-refractivity contribution in [1.82, 2.24) is 0 Å². The Morgan fingerprint density at radius 1 is 0.893 bits per heavy atom. The van der Waals surface area contributed by atoms with Crippen LogP contribution in [0.25, 0.3) is 11.3 Å². The van der Waals surface area contributed by atoms with E-state index in [4.69, 9.17) is 5.73 Å². The minimum Gasteiger partial charge on any atom is -1.00 e. The van der Waals surface area contributed by atoms with Gasteiger partial charge in [-0.2, -0.15) is 18.1 Å². The van der Waals surface area contributed by atoms with Crippen LogP contribution in [0.1, 0.15) is 55.0 Å². The molecule has 0 amide bonds. The van der Waals surface area contributed by atoms with Gasteiger partial charge in [0.15, 0.2) is 0 Å². The number of benzene rings is 2. The van der Waals surface area contributed by atoms with Gasteiger partial charge in [-0.3, -0.25) is 0 Å². The molecule has 0 saturated carbocycles. The fourth-order valence-corrected chi connectivity index (χ4v) is 3.31. The van der Waals surface area contributed by atoms with Crippen LogP contribution in [0.4, 0.5) is 5.69 Å². The van der Waals surface area contributed by atoms with Crippen LogP contribution in [0.3, 0.4) is 0 Å². The zero-order valence-electron chi connectivity index (χ0n) is 17.6. The van der Waals surface area contributed by atoms with Crippen LogP contribution in [-0.2, 0) is 21.7 Å². The number of allylic oxidation sites excluding steroid dienone is 4. The minimum atomic E-state index is 0. The van der Waals surface area contributed by atoms with Gasteiger partial charge in [0.05, 0.1) is 0 Å². The predicted molar refractivity (Wildman–Crippen MR) is 111 cm³/mol. The van der Waals surface area contributed by atoms with Crippen molar-refractivity contribution in [3.8, 4) is 0 Å². The zero-order chi connectivity index (χ0) is 18.6. The second-order valence-corrected chi connectivity index (χ2v) is 6.84. The molecule has 0 aliphatic heterocycles. The van der Waals surface area contributed by atoms with Crippen molar-refractivity contribution in [3.05, 3.63) is 93.6 Å². The molecule has 0 saturated heterocycles. The molecule has 0 radical (unpaired) electrons. The van der Waals surface area contributed by atoms with Gasteiger partial charge in [-0.25, -0.2) is 0 Å². The summed E-state index contributed by atoms with van der Waals surface area (Å²) in [7, 11) is 0. The molecular weight excluding hydrogens is 421 g/mol. The Hall–Kier alpha value is -1.12. The number of hydrogen-bond donors (Lipinski definition) is 0. The van der Waals surface area contributed by atoms with E-state index in [9.17, 15) is 0 Å². The number of nitrogens with one attached hydrogen (secondary N) is 1. The number of halogens is 2. The molecule has 0 atom stereocenters. The van der Waals surface area contributed by atoms with Gasteiger partial charge in [-0.05, 0) is 41.0 Å². The summed E-state index contributed by atoms with van der Waals surface area (Å²) in [4.78, 5) is 0. The minimum absolute atomic E-state index is 0. The molecule has 0 fully saturated rings. The second kappa shape index (κ2) is 13.2. The molecule has 0 spiro atoms. The Morgan fingerprint density at radius 3 is 1.89 bits per heavy atom. The van der Waals surface area contributed by atoms with Gasteiger partial charge >= 0.3 is 21.7 Å². The summed E-state index contributed by atoms with van der Waals surface area (Å²) in [5, 5.41) is 0. The smallest absolute Gasteiger partial charge is 1.00 e. The molecule has 2 aromatic rings. The van der Waals surface area contributed by atoms with Crippen molar-refractivity contribution in [3.63, 3.8) is 0 Å². The predicted octanol–water partition coefficient (Wildman–Crippen LogP) is 1.68. The normalized spacial score (nSPS) is 11.9. The van der Waals surface area contributed by atoms with E-state index in [1.54, 1.807) is 0 Å². The van der Waals surface area contributed by atoms with Crippen molar-refractivity contribution >= 4 is 11.3 Å². The van der Waals surface area contributed by atoms with E-state index < -0.39 is 0 Å². The van der Waals surface area contributed by atoms with Crippen LogP contribution in [0.5, 0.6) is 0 Å². The molecule has 0 bridgehead atoms. The van der Waals surface area contributed by atoms with Crippen molar-refractivity contribution in [2.45, 2.75) is 48.0 Å². The molecule has 0 unspecified atom stereocenters. The third-order valence-electron chi connectivity index (χ3n) is 4.93. The average molecular weight is 450 g/mol. The van der Waals surface area contributed by atoms with E-state index in [1.807, 2.05) is 26.0 Å². The van der Waals surface area contributed by atoms with Gasteiger partial charge in [0.2, 0.25) is 0 Å². The summed E-state index contributed by atoms with van der Waals surface area (Å²) in [5.41, 5.74) is 18.7. The molecule has 0 heterocycles. The largest absolute Gasteiger partial charge is 2.00 e. The summed E-state index contributed by atoms with van der Waals surface area (Å²) in [6.45, 7) is 12.5. The maximum absolute atomic E-state index is 7.54. The van der Waals surface area contributed by atoms with Crippen molar-refractivity contribution in [1.29, 1.82) is 0 Å². The molecule has 28 heavy (non-hydrogen) atoms. The maximum atomic E-state index is 7.54. The molecule has 1 N–H and O–H groups in total. The summed E-state index contributed by atoms with van der Waals surface area (Å²) in [5.74, 6) is 0. The Kier molecular flexibility index (Phi) is 13.7. The van der Waals surface area contributed by atoms with Gasteiger partial charge in [0.1, 0.15) is 0 Å². The van der Waals surface area contributed by atoms with Crippen LogP contribution >= 0.6 is 0 Å². The fraction of sp³-hybridized carbons (Fsp3) is 0.292. The van der Waals surface area contributed by atoms with Gasteiger partial charge in [-0.15, -0.1) is 23.4 Å². The Bertz CT molecular complexity index is 815. The summed E-state index contributed by atoms with van der Waals surface area (Å²) in [6, 6.07) is 12.7. The summed E-state index contributed by atoms with van der Waals surface area (Å²) < 4.78 is 0. The van der Waals surface area contributed by atoms with E-state index in [0.717, 1.165) is 17.5 Å². The van der Waals surface area contributed by atoms with E-state index in [-0.39, 0.29) is 46.5 Å². The van der Waals surface area contributed by atoms with Crippen LogP contribution in [0.15, 0.2) is 53.6 Å². The monoisotopic (exact) mass is 449 g/mol. The third-order valence-corrected chi connectivity index (χ3v) is 4.93. The van der Waals surface area contributed by atoms with E-state index in [0.29, 0.717) is 5.69 Å². The first-order chi connectivity index (χ1) is 11.8. The molecule has 4 heteroatoms. The number of rotatable bonds is 2. The number of aryl methyl sites for hydroxylation is 3. The quantitative estimate of drug-likeness (QED) is 0.492. The molecular formula is C24H29Cl2NTi-2. The van der Waals surface area contributed by atoms with Gasteiger partial charge in [0.25, 0.3) is 0 Å². The third kappa shape index (κ3) is 7.05. The first-order valence-corrected chi connectivity index (χ1v) is 8.90. The van der Waals surface area contributed by atoms with Crippen LogP contribution in [0.2, 0.25) is 0 Å².